The average molecular weight is 428 g/mol. The Kier molecular flexibility index (Phi) is 6.84. The maximum Gasteiger partial charge on any atom is 0.271 e. The number of sulfonamides is 1. The van der Waals surface area contributed by atoms with Gasteiger partial charge in [-0.2, -0.15) is 0 Å². The van der Waals surface area contributed by atoms with Crippen molar-refractivity contribution in [1.29, 1.82) is 0 Å². The maximum atomic E-state index is 12.3. The Morgan fingerprint density at radius 3 is 2.36 bits per heavy atom. The third kappa shape index (κ3) is 5.12. The van der Waals surface area contributed by atoms with Crippen molar-refractivity contribution >= 4 is 33.4 Å². The van der Waals surface area contributed by atoms with Crippen molar-refractivity contribution in [3.8, 4) is 11.5 Å². The van der Waals surface area contributed by atoms with E-state index in [-0.39, 0.29) is 21.0 Å². The summed E-state index contributed by atoms with van der Waals surface area (Å²) in [6.45, 7) is 2.24. The summed E-state index contributed by atoms with van der Waals surface area (Å²) in [5.74, 6) is -0.628. The molecule has 0 aliphatic carbocycles. The fourth-order valence-corrected chi connectivity index (χ4v) is 2.94. The number of hydrogen-bond donors (Lipinski definition) is 3. The summed E-state index contributed by atoms with van der Waals surface area (Å²) in [4.78, 5) is 24.2. The first kappa shape index (κ1) is 21.5. The van der Waals surface area contributed by atoms with Crippen molar-refractivity contribution in [1.82, 2.24) is 10.9 Å². The summed E-state index contributed by atoms with van der Waals surface area (Å²) in [7, 11) is -2.59. The van der Waals surface area contributed by atoms with Crippen LogP contribution in [0, 0.1) is 0 Å². The monoisotopic (exact) mass is 427 g/mol. The zero-order valence-electron chi connectivity index (χ0n) is 15.0. The van der Waals surface area contributed by atoms with Crippen LogP contribution in [-0.4, -0.2) is 33.9 Å². The van der Waals surface area contributed by atoms with E-state index in [0.717, 1.165) is 6.07 Å². The van der Waals surface area contributed by atoms with Gasteiger partial charge in [0.25, 0.3) is 11.8 Å². The van der Waals surface area contributed by atoms with Crippen molar-refractivity contribution in [2.45, 2.75) is 11.8 Å². The number of halogens is 1. The third-order valence-electron chi connectivity index (χ3n) is 3.53. The van der Waals surface area contributed by atoms with Crippen LogP contribution in [0.2, 0.25) is 5.02 Å². The van der Waals surface area contributed by atoms with Crippen molar-refractivity contribution in [2.75, 3.05) is 13.7 Å². The standard InChI is InChI=1S/C17H18ClN3O6S/c1-3-27-14-7-4-10(8-15(14)26-2)16(22)20-21-17(23)12-9-11(28(19,24)25)5-6-13(12)18/h4-9H,3H2,1-2H3,(H,20,22)(H,21,23)(H2,19,24,25). The number of rotatable bonds is 6. The highest BCUT2D eigenvalue weighted by Crippen LogP contribution is 2.28. The van der Waals surface area contributed by atoms with Gasteiger partial charge in [-0.3, -0.25) is 20.4 Å². The van der Waals surface area contributed by atoms with Gasteiger partial charge in [0.15, 0.2) is 11.5 Å². The molecule has 0 radical (unpaired) electrons. The molecule has 0 aliphatic rings. The van der Waals surface area contributed by atoms with Gasteiger partial charge in [0.1, 0.15) is 0 Å². The SMILES string of the molecule is CCOc1ccc(C(=O)NNC(=O)c2cc(S(N)(=O)=O)ccc2Cl)cc1OC. The third-order valence-corrected chi connectivity index (χ3v) is 4.77. The minimum absolute atomic E-state index is 0.0121. The Labute approximate surface area is 166 Å². The zero-order valence-corrected chi connectivity index (χ0v) is 16.6. The van der Waals surface area contributed by atoms with Gasteiger partial charge in [-0.15, -0.1) is 0 Å². The van der Waals surface area contributed by atoms with Gasteiger partial charge >= 0.3 is 0 Å². The summed E-state index contributed by atoms with van der Waals surface area (Å²) in [5.41, 5.74) is 4.40. The fraction of sp³-hybridized carbons (Fsp3) is 0.176. The second-order valence-electron chi connectivity index (χ2n) is 5.39. The number of nitrogens with one attached hydrogen (secondary N) is 2. The number of benzene rings is 2. The Bertz CT molecular complexity index is 1010. The van der Waals surface area contributed by atoms with Crippen LogP contribution in [0.15, 0.2) is 41.3 Å². The van der Waals surface area contributed by atoms with E-state index in [9.17, 15) is 18.0 Å². The molecule has 0 aromatic heterocycles. The van der Waals surface area contributed by atoms with Crippen LogP contribution in [0.5, 0.6) is 11.5 Å². The predicted octanol–water partition coefficient (Wildman–Crippen LogP) is 1.47. The molecule has 2 amide bonds. The van der Waals surface area contributed by atoms with Gasteiger partial charge in [-0.25, -0.2) is 13.6 Å². The molecule has 0 saturated heterocycles. The molecule has 28 heavy (non-hydrogen) atoms. The first-order chi connectivity index (χ1) is 13.2. The minimum atomic E-state index is -4.02. The second kappa shape index (κ2) is 8.91. The van der Waals surface area contributed by atoms with Crippen LogP contribution in [0.1, 0.15) is 27.6 Å². The largest absolute Gasteiger partial charge is 0.493 e. The van der Waals surface area contributed by atoms with E-state index in [1.54, 1.807) is 6.07 Å². The van der Waals surface area contributed by atoms with Crippen LogP contribution in [0.4, 0.5) is 0 Å². The number of hydrazine groups is 1. The van der Waals surface area contributed by atoms with Crippen molar-refractivity contribution in [3.05, 3.63) is 52.5 Å². The lowest BCUT2D eigenvalue weighted by Crippen LogP contribution is -2.41. The smallest absolute Gasteiger partial charge is 0.271 e. The maximum absolute atomic E-state index is 12.3. The molecular weight excluding hydrogens is 410 g/mol. The molecule has 0 aliphatic heterocycles. The van der Waals surface area contributed by atoms with Gasteiger partial charge in [0.05, 0.1) is 29.2 Å². The van der Waals surface area contributed by atoms with E-state index in [1.165, 1.54) is 31.4 Å². The van der Waals surface area contributed by atoms with Crippen LogP contribution >= 0.6 is 11.6 Å². The summed E-state index contributed by atoms with van der Waals surface area (Å²) in [5, 5.41) is 5.03. The van der Waals surface area contributed by atoms with E-state index in [4.69, 9.17) is 26.2 Å². The molecule has 0 heterocycles. The van der Waals surface area contributed by atoms with Crippen LogP contribution in [0.3, 0.4) is 0 Å². The number of carbonyl (C=O) groups excluding carboxylic acids is 2. The molecular formula is C17H18ClN3O6S. The van der Waals surface area contributed by atoms with Crippen LogP contribution in [0.25, 0.3) is 0 Å². The lowest BCUT2D eigenvalue weighted by atomic mass is 10.2. The molecule has 0 fully saturated rings. The Balaban J connectivity index is 2.14. The second-order valence-corrected chi connectivity index (χ2v) is 7.36. The highest BCUT2D eigenvalue weighted by Gasteiger charge is 2.17. The van der Waals surface area contributed by atoms with Crippen LogP contribution < -0.4 is 25.5 Å². The number of nitrogens with two attached hydrogens (primary N) is 1. The summed E-state index contributed by atoms with van der Waals surface area (Å²) >= 11 is 5.92. The fourth-order valence-electron chi connectivity index (χ4n) is 2.19. The first-order valence-corrected chi connectivity index (χ1v) is 9.83. The predicted molar refractivity (Wildman–Crippen MR) is 102 cm³/mol. The average Bonchev–Trinajstić information content (AvgIpc) is 2.65. The normalized spacial score (nSPS) is 10.9. The van der Waals surface area contributed by atoms with Gasteiger partial charge in [-0.05, 0) is 43.3 Å². The van der Waals surface area contributed by atoms with Gasteiger partial charge in [0, 0.05) is 5.56 Å². The summed E-state index contributed by atoms with van der Waals surface area (Å²) in [6, 6.07) is 7.89. The van der Waals surface area contributed by atoms with E-state index in [2.05, 4.69) is 10.9 Å². The van der Waals surface area contributed by atoms with Gasteiger partial charge in [-0.1, -0.05) is 11.6 Å². The molecule has 0 atom stereocenters. The number of ether oxygens (including phenoxy) is 2. The molecule has 0 bridgehead atoms. The molecule has 2 rings (SSSR count). The molecule has 150 valence electrons. The lowest BCUT2D eigenvalue weighted by molar-refractivity contribution is 0.0846. The van der Waals surface area contributed by atoms with Crippen LogP contribution in [-0.2, 0) is 10.0 Å². The molecule has 2 aromatic carbocycles. The quantitative estimate of drug-likeness (QED) is 0.597. The molecule has 11 heteroatoms. The number of methoxy groups -OCH3 is 1. The van der Waals surface area contributed by atoms with Gasteiger partial charge < -0.3 is 9.47 Å². The number of hydrogen-bond acceptors (Lipinski definition) is 6. The van der Waals surface area contributed by atoms with Gasteiger partial charge in [0.2, 0.25) is 10.0 Å². The Hall–Kier alpha value is -2.82. The highest BCUT2D eigenvalue weighted by atomic mass is 35.5. The van der Waals surface area contributed by atoms with Crippen molar-refractivity contribution < 1.29 is 27.5 Å². The van der Waals surface area contributed by atoms with Crippen molar-refractivity contribution in [2.24, 2.45) is 5.14 Å². The molecule has 0 saturated carbocycles. The lowest BCUT2D eigenvalue weighted by Gasteiger charge is -2.12. The van der Waals surface area contributed by atoms with E-state index in [1.807, 2.05) is 6.92 Å². The molecule has 0 unspecified atom stereocenters. The molecule has 9 nitrogen and oxygen atoms in total. The highest BCUT2D eigenvalue weighted by molar-refractivity contribution is 7.89. The first-order valence-electron chi connectivity index (χ1n) is 7.91. The zero-order chi connectivity index (χ0) is 20.9. The number of primary sulfonamides is 1. The molecule has 4 N–H and O–H groups in total. The Morgan fingerprint density at radius 1 is 1.07 bits per heavy atom. The van der Waals surface area contributed by atoms with E-state index < -0.39 is 21.8 Å². The molecule has 2 aromatic rings. The Morgan fingerprint density at radius 2 is 1.75 bits per heavy atom. The number of amides is 2. The van der Waals surface area contributed by atoms with E-state index >= 15 is 0 Å². The minimum Gasteiger partial charge on any atom is -0.493 e. The molecule has 0 spiro atoms. The summed E-state index contributed by atoms with van der Waals surface area (Å²) in [6.07, 6.45) is 0. The summed E-state index contributed by atoms with van der Waals surface area (Å²) < 4.78 is 33.4. The van der Waals surface area contributed by atoms with E-state index in [0.29, 0.717) is 18.1 Å². The topological polar surface area (TPSA) is 137 Å². The number of carbonyl (C=O) groups is 2. The van der Waals surface area contributed by atoms with Crippen molar-refractivity contribution in [3.63, 3.8) is 0 Å².